The molecule has 1 aliphatic carbocycles. The first-order valence-corrected chi connectivity index (χ1v) is 6.08. The summed E-state index contributed by atoms with van der Waals surface area (Å²) in [7, 11) is 1.80. The zero-order chi connectivity index (χ0) is 11.7. The fraction of sp³-hybridized carbons (Fsp3) is 0.462. The molecule has 4 heteroatoms. The molecule has 1 aromatic rings. The predicted molar refractivity (Wildman–Crippen MR) is 67.3 cm³/mol. The number of para-hydroxylation sites is 1. The van der Waals surface area contributed by atoms with E-state index in [0.29, 0.717) is 12.6 Å². The van der Waals surface area contributed by atoms with Crippen LogP contribution in [-0.4, -0.2) is 25.7 Å². The number of hydrogen-bond donors (Lipinski definition) is 2. The SMILES string of the molecule is CN=C(NC1CC1)NC1COc2ccccc21. The number of nitrogens with zero attached hydrogens (tertiary/aromatic N) is 1. The van der Waals surface area contributed by atoms with Crippen molar-refractivity contribution in [2.24, 2.45) is 4.99 Å². The highest BCUT2D eigenvalue weighted by molar-refractivity contribution is 5.81. The van der Waals surface area contributed by atoms with E-state index in [2.05, 4.69) is 21.7 Å². The summed E-state index contributed by atoms with van der Waals surface area (Å²) in [5, 5.41) is 6.79. The molecule has 17 heavy (non-hydrogen) atoms. The minimum atomic E-state index is 0.205. The zero-order valence-electron chi connectivity index (χ0n) is 9.94. The van der Waals surface area contributed by atoms with E-state index in [9.17, 15) is 0 Å². The molecular formula is C13H17N3O. The molecule has 0 saturated heterocycles. The number of ether oxygens (including phenoxy) is 1. The van der Waals surface area contributed by atoms with Crippen LogP contribution in [-0.2, 0) is 0 Å². The summed E-state index contributed by atoms with van der Waals surface area (Å²) in [5.41, 5.74) is 1.21. The second kappa shape index (κ2) is 4.28. The third-order valence-corrected chi connectivity index (χ3v) is 3.15. The van der Waals surface area contributed by atoms with Gasteiger partial charge in [-0.05, 0) is 18.9 Å². The summed E-state index contributed by atoms with van der Waals surface area (Å²) in [6.07, 6.45) is 2.50. The Balaban J connectivity index is 1.69. The third-order valence-electron chi connectivity index (χ3n) is 3.15. The van der Waals surface area contributed by atoms with Crippen LogP contribution < -0.4 is 15.4 Å². The van der Waals surface area contributed by atoms with Gasteiger partial charge in [-0.2, -0.15) is 0 Å². The highest BCUT2D eigenvalue weighted by Crippen LogP contribution is 2.31. The Morgan fingerprint density at radius 1 is 1.29 bits per heavy atom. The van der Waals surface area contributed by atoms with Crippen molar-refractivity contribution in [1.29, 1.82) is 0 Å². The van der Waals surface area contributed by atoms with Gasteiger partial charge in [-0.15, -0.1) is 0 Å². The van der Waals surface area contributed by atoms with E-state index >= 15 is 0 Å². The number of hydrogen-bond acceptors (Lipinski definition) is 2. The molecule has 1 fully saturated rings. The van der Waals surface area contributed by atoms with Gasteiger partial charge in [0, 0.05) is 18.7 Å². The lowest BCUT2D eigenvalue weighted by Crippen LogP contribution is -2.41. The van der Waals surface area contributed by atoms with Gasteiger partial charge in [0.05, 0.1) is 6.04 Å². The number of fused-ring (bicyclic) bond motifs is 1. The van der Waals surface area contributed by atoms with Gasteiger partial charge in [0.2, 0.25) is 0 Å². The standard InChI is InChI=1S/C13H17N3O/c1-14-13(15-9-6-7-9)16-11-8-17-12-5-3-2-4-10(11)12/h2-5,9,11H,6-8H2,1H3,(H2,14,15,16). The Labute approximate surface area is 101 Å². The van der Waals surface area contributed by atoms with Crippen LogP contribution in [0.15, 0.2) is 29.3 Å². The van der Waals surface area contributed by atoms with Crippen molar-refractivity contribution < 1.29 is 4.74 Å². The van der Waals surface area contributed by atoms with Crippen LogP contribution in [0.25, 0.3) is 0 Å². The minimum Gasteiger partial charge on any atom is -0.491 e. The van der Waals surface area contributed by atoms with Crippen LogP contribution in [0.4, 0.5) is 0 Å². The molecule has 1 atom stereocenters. The molecular weight excluding hydrogens is 214 g/mol. The van der Waals surface area contributed by atoms with Crippen molar-refractivity contribution in [1.82, 2.24) is 10.6 Å². The maximum atomic E-state index is 5.63. The Hall–Kier alpha value is -1.71. The fourth-order valence-corrected chi connectivity index (χ4v) is 2.04. The largest absolute Gasteiger partial charge is 0.491 e. The number of nitrogens with one attached hydrogen (secondary N) is 2. The summed E-state index contributed by atoms with van der Waals surface area (Å²) in [5.74, 6) is 1.85. The number of rotatable bonds is 2. The zero-order valence-corrected chi connectivity index (χ0v) is 9.94. The predicted octanol–water partition coefficient (Wildman–Crippen LogP) is 1.45. The lowest BCUT2D eigenvalue weighted by molar-refractivity contribution is 0.323. The van der Waals surface area contributed by atoms with E-state index in [1.54, 1.807) is 7.05 Å². The summed E-state index contributed by atoms with van der Waals surface area (Å²) in [6.45, 7) is 0.671. The van der Waals surface area contributed by atoms with Crippen LogP contribution in [0.5, 0.6) is 5.75 Å². The molecule has 1 heterocycles. The lowest BCUT2D eigenvalue weighted by Gasteiger charge is -2.16. The average Bonchev–Trinajstić information content (AvgIpc) is 3.09. The summed E-state index contributed by atoms with van der Waals surface area (Å²) in [4.78, 5) is 4.24. The second-order valence-electron chi connectivity index (χ2n) is 4.54. The van der Waals surface area contributed by atoms with Crippen molar-refractivity contribution in [3.63, 3.8) is 0 Å². The first kappa shape index (κ1) is 10.4. The van der Waals surface area contributed by atoms with Crippen molar-refractivity contribution in [2.45, 2.75) is 24.9 Å². The molecule has 0 bridgehead atoms. The Kier molecular flexibility index (Phi) is 2.63. The normalized spacial score (nSPS) is 22.9. The molecule has 3 rings (SSSR count). The molecule has 90 valence electrons. The monoisotopic (exact) mass is 231 g/mol. The second-order valence-corrected chi connectivity index (χ2v) is 4.54. The van der Waals surface area contributed by atoms with Crippen LogP contribution in [0.3, 0.4) is 0 Å². The average molecular weight is 231 g/mol. The molecule has 1 unspecified atom stereocenters. The van der Waals surface area contributed by atoms with Gasteiger partial charge in [-0.3, -0.25) is 4.99 Å². The highest BCUT2D eigenvalue weighted by atomic mass is 16.5. The topological polar surface area (TPSA) is 45.7 Å². The van der Waals surface area contributed by atoms with Gasteiger partial charge in [0.1, 0.15) is 12.4 Å². The van der Waals surface area contributed by atoms with E-state index in [-0.39, 0.29) is 6.04 Å². The molecule has 0 amide bonds. The van der Waals surface area contributed by atoms with E-state index in [1.165, 1.54) is 18.4 Å². The third kappa shape index (κ3) is 2.20. The maximum absolute atomic E-state index is 5.63. The van der Waals surface area contributed by atoms with E-state index in [1.807, 2.05) is 18.2 Å². The molecule has 0 spiro atoms. The molecule has 4 nitrogen and oxygen atoms in total. The Morgan fingerprint density at radius 3 is 2.88 bits per heavy atom. The van der Waals surface area contributed by atoms with Crippen molar-refractivity contribution in [2.75, 3.05) is 13.7 Å². The fourth-order valence-electron chi connectivity index (χ4n) is 2.04. The van der Waals surface area contributed by atoms with Gasteiger partial charge in [-0.25, -0.2) is 0 Å². The van der Waals surface area contributed by atoms with Gasteiger partial charge in [-0.1, -0.05) is 18.2 Å². The molecule has 1 saturated carbocycles. The smallest absolute Gasteiger partial charge is 0.191 e. The molecule has 2 N–H and O–H groups in total. The van der Waals surface area contributed by atoms with Crippen molar-refractivity contribution >= 4 is 5.96 Å². The van der Waals surface area contributed by atoms with Crippen molar-refractivity contribution in [3.05, 3.63) is 29.8 Å². The molecule has 1 aliphatic heterocycles. The first-order valence-electron chi connectivity index (χ1n) is 6.08. The van der Waals surface area contributed by atoms with Crippen LogP contribution in [0.1, 0.15) is 24.4 Å². The highest BCUT2D eigenvalue weighted by Gasteiger charge is 2.27. The van der Waals surface area contributed by atoms with Crippen LogP contribution in [0.2, 0.25) is 0 Å². The number of guanidine groups is 1. The summed E-state index contributed by atoms with van der Waals surface area (Å²) in [6, 6.07) is 8.96. The number of benzene rings is 1. The van der Waals surface area contributed by atoms with E-state index < -0.39 is 0 Å². The Morgan fingerprint density at radius 2 is 2.12 bits per heavy atom. The first-order chi connectivity index (χ1) is 8.36. The van der Waals surface area contributed by atoms with Crippen LogP contribution in [0, 0.1) is 0 Å². The minimum absolute atomic E-state index is 0.205. The maximum Gasteiger partial charge on any atom is 0.191 e. The molecule has 0 aromatic heterocycles. The molecule has 1 aromatic carbocycles. The number of aliphatic imine (C=N–C) groups is 1. The molecule has 2 aliphatic rings. The van der Waals surface area contributed by atoms with Crippen molar-refractivity contribution in [3.8, 4) is 5.75 Å². The van der Waals surface area contributed by atoms with E-state index in [0.717, 1.165) is 11.7 Å². The summed E-state index contributed by atoms with van der Waals surface area (Å²) < 4.78 is 5.63. The quantitative estimate of drug-likeness (QED) is 0.598. The van der Waals surface area contributed by atoms with Gasteiger partial charge in [0.25, 0.3) is 0 Å². The lowest BCUT2D eigenvalue weighted by atomic mass is 10.1. The van der Waals surface area contributed by atoms with Gasteiger partial charge < -0.3 is 15.4 Å². The van der Waals surface area contributed by atoms with E-state index in [4.69, 9.17) is 4.74 Å². The molecule has 0 radical (unpaired) electrons. The van der Waals surface area contributed by atoms with Gasteiger partial charge in [0.15, 0.2) is 5.96 Å². The Bertz CT molecular complexity index is 440. The van der Waals surface area contributed by atoms with Gasteiger partial charge >= 0.3 is 0 Å². The summed E-state index contributed by atoms with van der Waals surface area (Å²) >= 11 is 0. The van der Waals surface area contributed by atoms with Crippen LogP contribution >= 0.6 is 0 Å².